The summed E-state index contributed by atoms with van der Waals surface area (Å²) in [6.07, 6.45) is 0.182. The zero-order chi connectivity index (χ0) is 25.6. The van der Waals surface area contributed by atoms with Crippen LogP contribution in [0.4, 0.5) is 10.5 Å². The van der Waals surface area contributed by atoms with E-state index in [4.69, 9.17) is 25.6 Å². The first kappa shape index (κ1) is 26.1. The Kier molecular flexibility index (Phi) is 8.40. The number of nitrogens with zero attached hydrogens (tertiary/aromatic N) is 1. The summed E-state index contributed by atoms with van der Waals surface area (Å²) < 4.78 is 16.2. The van der Waals surface area contributed by atoms with Crippen LogP contribution in [-0.2, 0) is 11.2 Å². The number of anilines is 1. The van der Waals surface area contributed by atoms with Gasteiger partial charge in [-0.15, -0.1) is 0 Å². The third kappa shape index (κ3) is 8.03. The van der Waals surface area contributed by atoms with Crippen LogP contribution in [0.25, 0.3) is 11.3 Å². The van der Waals surface area contributed by atoms with Crippen molar-refractivity contribution >= 4 is 29.3 Å². The molecule has 0 aliphatic rings. The molecule has 2 amide bonds. The van der Waals surface area contributed by atoms with Gasteiger partial charge < -0.3 is 24.6 Å². The topological polar surface area (TPSA) is 103 Å². The summed E-state index contributed by atoms with van der Waals surface area (Å²) in [6, 6.07) is 14.1. The van der Waals surface area contributed by atoms with E-state index in [0.717, 1.165) is 5.56 Å². The molecule has 0 saturated heterocycles. The van der Waals surface area contributed by atoms with Crippen LogP contribution in [0.15, 0.2) is 53.1 Å². The third-order valence-corrected chi connectivity index (χ3v) is 4.91. The Bertz CT molecular complexity index is 1170. The van der Waals surface area contributed by atoms with Crippen molar-refractivity contribution in [2.45, 2.75) is 52.7 Å². The minimum Gasteiger partial charge on any atom is -0.489 e. The summed E-state index contributed by atoms with van der Waals surface area (Å²) in [6.45, 7) is 9.73. The number of carbonyl (C=O) groups excluding carboxylic acids is 2. The van der Waals surface area contributed by atoms with Crippen molar-refractivity contribution in [2.75, 3.05) is 11.9 Å². The van der Waals surface area contributed by atoms with Crippen molar-refractivity contribution in [1.82, 2.24) is 10.5 Å². The summed E-state index contributed by atoms with van der Waals surface area (Å²) in [5.74, 6) is 0.596. The maximum Gasteiger partial charge on any atom is 0.407 e. The number of nitrogens with one attached hydrogen (secondary N) is 2. The number of ether oxygens (including phenoxy) is 2. The number of alkyl carbamates (subject to hydrolysis) is 1. The molecule has 2 aromatic carbocycles. The van der Waals surface area contributed by atoms with E-state index in [1.807, 2.05) is 46.8 Å². The number of rotatable bonds is 8. The monoisotopic (exact) mass is 499 g/mol. The molecule has 0 saturated carbocycles. The number of carbonyl (C=O) groups is 2. The Morgan fingerprint density at radius 3 is 2.43 bits per heavy atom. The first-order valence-electron chi connectivity index (χ1n) is 11.3. The Labute approximate surface area is 209 Å². The van der Waals surface area contributed by atoms with E-state index in [1.54, 1.807) is 36.4 Å². The molecule has 35 heavy (non-hydrogen) atoms. The maximum atomic E-state index is 12.6. The van der Waals surface area contributed by atoms with Gasteiger partial charge in [-0.05, 0) is 76.9 Å². The SMILES string of the molecule is CC(C)Oc1ccc(-c2cc(C(=O)Nc3ccc(CCNC(=O)OC(C)(C)C)cc3)no2)cc1Cl. The Morgan fingerprint density at radius 1 is 1.09 bits per heavy atom. The lowest BCUT2D eigenvalue weighted by Gasteiger charge is -2.19. The van der Waals surface area contributed by atoms with Gasteiger partial charge in [0.25, 0.3) is 5.91 Å². The molecule has 0 radical (unpaired) electrons. The van der Waals surface area contributed by atoms with Crippen LogP contribution in [-0.4, -0.2) is 35.4 Å². The fourth-order valence-electron chi connectivity index (χ4n) is 3.09. The lowest BCUT2D eigenvalue weighted by Crippen LogP contribution is -2.33. The quantitative estimate of drug-likeness (QED) is 0.388. The average molecular weight is 500 g/mol. The van der Waals surface area contributed by atoms with Crippen LogP contribution >= 0.6 is 11.6 Å². The van der Waals surface area contributed by atoms with Gasteiger partial charge in [0.1, 0.15) is 11.4 Å². The highest BCUT2D eigenvalue weighted by Gasteiger charge is 2.17. The minimum atomic E-state index is -0.533. The summed E-state index contributed by atoms with van der Waals surface area (Å²) in [4.78, 5) is 24.3. The molecule has 0 aliphatic carbocycles. The first-order chi connectivity index (χ1) is 16.5. The second-order valence-electron chi connectivity index (χ2n) is 9.22. The van der Waals surface area contributed by atoms with Gasteiger partial charge in [-0.3, -0.25) is 4.79 Å². The van der Waals surface area contributed by atoms with E-state index in [0.29, 0.717) is 40.7 Å². The zero-order valence-corrected chi connectivity index (χ0v) is 21.2. The molecule has 3 rings (SSSR count). The standard InChI is InChI=1S/C26H30ClN3O5/c1-16(2)33-22-11-8-18(14-20(22)27)23-15-21(30-35-23)24(31)29-19-9-6-17(7-10-19)12-13-28-25(32)34-26(3,4)5/h6-11,14-16H,12-13H2,1-5H3,(H,28,32)(H,29,31). The molecule has 0 aliphatic heterocycles. The Balaban J connectivity index is 1.54. The molecule has 9 heteroatoms. The molecule has 186 valence electrons. The van der Waals surface area contributed by atoms with Crippen LogP contribution in [0, 0.1) is 0 Å². The number of amides is 2. The predicted molar refractivity (Wildman–Crippen MR) is 135 cm³/mol. The maximum absolute atomic E-state index is 12.6. The van der Waals surface area contributed by atoms with Gasteiger partial charge in [-0.1, -0.05) is 28.9 Å². The number of benzene rings is 2. The van der Waals surface area contributed by atoms with Gasteiger partial charge >= 0.3 is 6.09 Å². The fraction of sp³-hybridized carbons (Fsp3) is 0.346. The number of halogens is 1. The first-order valence-corrected chi connectivity index (χ1v) is 11.7. The highest BCUT2D eigenvalue weighted by atomic mass is 35.5. The van der Waals surface area contributed by atoms with Gasteiger partial charge in [-0.2, -0.15) is 0 Å². The van der Waals surface area contributed by atoms with Crippen molar-refractivity contribution in [2.24, 2.45) is 0 Å². The average Bonchev–Trinajstić information content (AvgIpc) is 3.25. The second kappa shape index (κ2) is 11.3. The summed E-state index contributed by atoms with van der Waals surface area (Å²) in [5.41, 5.74) is 1.91. The fourth-order valence-corrected chi connectivity index (χ4v) is 3.32. The van der Waals surface area contributed by atoms with Gasteiger partial charge in [0, 0.05) is 23.9 Å². The third-order valence-electron chi connectivity index (χ3n) is 4.62. The highest BCUT2D eigenvalue weighted by Crippen LogP contribution is 2.31. The zero-order valence-electron chi connectivity index (χ0n) is 20.5. The summed E-state index contributed by atoms with van der Waals surface area (Å²) in [7, 11) is 0. The molecule has 8 nitrogen and oxygen atoms in total. The largest absolute Gasteiger partial charge is 0.489 e. The summed E-state index contributed by atoms with van der Waals surface area (Å²) >= 11 is 6.29. The lowest BCUT2D eigenvalue weighted by atomic mass is 10.1. The van der Waals surface area contributed by atoms with Crippen molar-refractivity contribution in [3.8, 4) is 17.1 Å². The molecule has 0 bridgehead atoms. The van der Waals surface area contributed by atoms with E-state index in [9.17, 15) is 9.59 Å². The molecule has 1 aromatic heterocycles. The minimum absolute atomic E-state index is 0.00175. The number of hydrogen-bond acceptors (Lipinski definition) is 6. The van der Waals surface area contributed by atoms with Gasteiger partial charge in [0.05, 0.1) is 11.1 Å². The summed E-state index contributed by atoms with van der Waals surface area (Å²) in [5, 5.41) is 9.84. The molecule has 0 unspecified atom stereocenters. The van der Waals surface area contributed by atoms with Gasteiger partial charge in [-0.25, -0.2) is 4.79 Å². The molecule has 0 spiro atoms. The number of hydrogen-bond donors (Lipinski definition) is 2. The van der Waals surface area contributed by atoms with Crippen LogP contribution in [0.3, 0.4) is 0 Å². The molecule has 0 atom stereocenters. The molecule has 1 heterocycles. The highest BCUT2D eigenvalue weighted by molar-refractivity contribution is 6.32. The predicted octanol–water partition coefficient (Wildman–Crippen LogP) is 6.10. The smallest absolute Gasteiger partial charge is 0.407 e. The van der Waals surface area contributed by atoms with E-state index >= 15 is 0 Å². The van der Waals surface area contributed by atoms with Crippen LogP contribution in [0.5, 0.6) is 5.75 Å². The van der Waals surface area contributed by atoms with E-state index in [2.05, 4.69) is 15.8 Å². The van der Waals surface area contributed by atoms with Crippen LogP contribution in [0.2, 0.25) is 5.02 Å². The Morgan fingerprint density at radius 2 is 1.80 bits per heavy atom. The van der Waals surface area contributed by atoms with Crippen molar-refractivity contribution in [3.05, 3.63) is 64.8 Å². The molecular weight excluding hydrogens is 470 g/mol. The van der Waals surface area contributed by atoms with Crippen molar-refractivity contribution in [1.29, 1.82) is 0 Å². The van der Waals surface area contributed by atoms with Crippen LogP contribution < -0.4 is 15.4 Å². The van der Waals surface area contributed by atoms with Crippen molar-refractivity contribution < 1.29 is 23.6 Å². The van der Waals surface area contributed by atoms with Crippen LogP contribution in [0.1, 0.15) is 50.7 Å². The van der Waals surface area contributed by atoms with E-state index in [1.165, 1.54) is 0 Å². The normalized spacial score (nSPS) is 11.3. The van der Waals surface area contributed by atoms with Gasteiger partial charge in [0.15, 0.2) is 11.5 Å². The second-order valence-corrected chi connectivity index (χ2v) is 9.63. The van der Waals surface area contributed by atoms with E-state index in [-0.39, 0.29) is 11.8 Å². The molecular formula is C26H30ClN3O5. The molecule has 2 N–H and O–H groups in total. The molecule has 3 aromatic rings. The molecule has 0 fully saturated rings. The van der Waals surface area contributed by atoms with E-state index < -0.39 is 17.6 Å². The van der Waals surface area contributed by atoms with Gasteiger partial charge in [0.2, 0.25) is 0 Å². The lowest BCUT2D eigenvalue weighted by molar-refractivity contribution is 0.0528. The van der Waals surface area contributed by atoms with Crippen molar-refractivity contribution in [3.63, 3.8) is 0 Å². The number of aromatic nitrogens is 1. The Hall–Kier alpha value is -3.52.